The molecule has 0 aliphatic heterocycles. The first-order chi connectivity index (χ1) is 12.9. The first-order valence-corrected chi connectivity index (χ1v) is 10.7. The lowest BCUT2D eigenvalue weighted by Gasteiger charge is -2.32. The van der Waals surface area contributed by atoms with Gasteiger partial charge in [0.2, 0.25) is 0 Å². The van der Waals surface area contributed by atoms with Crippen LogP contribution in [0.5, 0.6) is 0 Å². The first kappa shape index (κ1) is 20.1. The summed E-state index contributed by atoms with van der Waals surface area (Å²) in [5, 5.41) is 0. The Morgan fingerprint density at radius 3 is 2.44 bits per heavy atom. The van der Waals surface area contributed by atoms with Crippen LogP contribution in [0.15, 0.2) is 69.9 Å². The van der Waals surface area contributed by atoms with Crippen molar-refractivity contribution in [1.82, 2.24) is 0 Å². The fourth-order valence-electron chi connectivity index (χ4n) is 5.07. The molecule has 27 heavy (non-hydrogen) atoms. The van der Waals surface area contributed by atoms with Gasteiger partial charge in [0.05, 0.1) is 0 Å². The van der Waals surface area contributed by atoms with Crippen molar-refractivity contribution >= 4 is 0 Å². The van der Waals surface area contributed by atoms with Crippen LogP contribution >= 0.6 is 0 Å². The lowest BCUT2D eigenvalue weighted by atomic mass is 9.77. The highest BCUT2D eigenvalue weighted by molar-refractivity contribution is 5.60. The number of halogens is 1. The predicted molar refractivity (Wildman–Crippen MR) is 115 cm³/mol. The number of allylic oxidation sites excluding steroid dienone is 11. The minimum absolute atomic E-state index is 0.175. The van der Waals surface area contributed by atoms with Crippen molar-refractivity contribution in [2.45, 2.75) is 84.7 Å². The van der Waals surface area contributed by atoms with Crippen LogP contribution in [0.1, 0.15) is 79.1 Å². The normalized spacial score (nSPS) is 26.3. The molecule has 3 rings (SSSR count). The van der Waals surface area contributed by atoms with E-state index in [1.807, 2.05) is 6.08 Å². The summed E-state index contributed by atoms with van der Waals surface area (Å²) in [6.07, 6.45) is 16.4. The molecule has 0 saturated heterocycles. The highest BCUT2D eigenvalue weighted by Crippen LogP contribution is 2.45. The number of alkyl halides is 1. The van der Waals surface area contributed by atoms with Crippen LogP contribution in [0.4, 0.5) is 4.39 Å². The van der Waals surface area contributed by atoms with E-state index in [1.165, 1.54) is 52.7 Å². The Kier molecular flexibility index (Phi) is 6.08. The van der Waals surface area contributed by atoms with Crippen LogP contribution in [0.3, 0.4) is 0 Å². The van der Waals surface area contributed by atoms with Gasteiger partial charge in [0.25, 0.3) is 0 Å². The molecule has 0 radical (unpaired) electrons. The van der Waals surface area contributed by atoms with Gasteiger partial charge in [-0.3, -0.25) is 0 Å². The summed E-state index contributed by atoms with van der Waals surface area (Å²) in [6, 6.07) is 0. The molecular formula is C26H35F. The van der Waals surface area contributed by atoms with E-state index in [0.717, 1.165) is 31.3 Å². The van der Waals surface area contributed by atoms with Gasteiger partial charge in [0.15, 0.2) is 0 Å². The lowest BCUT2D eigenvalue weighted by Crippen LogP contribution is -2.28. The van der Waals surface area contributed by atoms with E-state index in [0.29, 0.717) is 6.42 Å². The summed E-state index contributed by atoms with van der Waals surface area (Å²) in [4.78, 5) is 0. The first-order valence-electron chi connectivity index (χ1n) is 10.7. The Morgan fingerprint density at radius 1 is 1.22 bits per heavy atom. The maximum Gasteiger partial charge on any atom is 0.112 e. The summed E-state index contributed by atoms with van der Waals surface area (Å²) >= 11 is 0. The fraction of sp³-hybridized carbons (Fsp3) is 0.538. The van der Waals surface area contributed by atoms with Crippen molar-refractivity contribution in [3.05, 3.63) is 69.9 Å². The second-order valence-electron chi connectivity index (χ2n) is 8.72. The van der Waals surface area contributed by atoms with Gasteiger partial charge in [0.1, 0.15) is 5.67 Å². The standard InChI is InChI=1S/C26H35F/c1-6-21(7-2)25-16-22(17-26(27)13-9-8-10-14-26)24(20(25)5)15-19(4)23-12-11-18(23)3/h6-7,15-16,22H,1,8-14,17H2,2-5H3/b19-15+,21-7+. The van der Waals surface area contributed by atoms with E-state index >= 15 is 4.39 Å². The Balaban J connectivity index is 1.96. The van der Waals surface area contributed by atoms with Gasteiger partial charge in [-0.25, -0.2) is 4.39 Å². The smallest absolute Gasteiger partial charge is 0.112 e. The molecule has 0 nitrogen and oxygen atoms in total. The van der Waals surface area contributed by atoms with Crippen LogP contribution in [-0.2, 0) is 0 Å². The SMILES string of the molecule is C=C/C(=C\C)C1=CC(CC2(F)CCCCC2)C(/C=C(\C)C2=C(C)CC2)=C1C. The quantitative estimate of drug-likeness (QED) is 0.416. The van der Waals surface area contributed by atoms with Gasteiger partial charge in [-0.1, -0.05) is 55.7 Å². The largest absolute Gasteiger partial charge is 0.244 e. The number of hydrogen-bond acceptors (Lipinski definition) is 0. The Hall–Kier alpha value is -1.63. The molecule has 0 aromatic heterocycles. The van der Waals surface area contributed by atoms with Gasteiger partial charge >= 0.3 is 0 Å². The molecular weight excluding hydrogens is 331 g/mol. The van der Waals surface area contributed by atoms with Gasteiger partial charge in [-0.05, 0) is 93.2 Å². The maximum absolute atomic E-state index is 15.5. The Bertz CT molecular complexity index is 760. The third-order valence-electron chi connectivity index (χ3n) is 6.89. The Morgan fingerprint density at radius 2 is 1.93 bits per heavy atom. The van der Waals surface area contributed by atoms with Crippen molar-refractivity contribution in [2.75, 3.05) is 0 Å². The minimum Gasteiger partial charge on any atom is -0.244 e. The van der Waals surface area contributed by atoms with Crippen LogP contribution in [0.2, 0.25) is 0 Å². The molecule has 0 amide bonds. The van der Waals surface area contributed by atoms with Gasteiger partial charge < -0.3 is 0 Å². The summed E-state index contributed by atoms with van der Waals surface area (Å²) in [5.41, 5.74) is 8.40. The summed E-state index contributed by atoms with van der Waals surface area (Å²) in [6.45, 7) is 12.7. The average Bonchev–Trinajstić information content (AvgIpc) is 2.91. The molecule has 0 aromatic rings. The molecule has 1 atom stereocenters. The third kappa shape index (κ3) is 4.13. The fourth-order valence-corrected chi connectivity index (χ4v) is 5.07. The molecule has 146 valence electrons. The van der Waals surface area contributed by atoms with E-state index in [9.17, 15) is 0 Å². The molecule has 3 aliphatic carbocycles. The molecule has 0 N–H and O–H groups in total. The molecule has 0 bridgehead atoms. The molecule has 0 aromatic carbocycles. The lowest BCUT2D eigenvalue weighted by molar-refractivity contribution is 0.0881. The molecule has 1 heteroatoms. The van der Waals surface area contributed by atoms with Crippen LogP contribution in [-0.4, -0.2) is 5.67 Å². The Labute approximate surface area is 165 Å². The maximum atomic E-state index is 15.5. The van der Waals surface area contributed by atoms with Crippen molar-refractivity contribution < 1.29 is 4.39 Å². The van der Waals surface area contributed by atoms with Crippen LogP contribution in [0.25, 0.3) is 0 Å². The zero-order valence-corrected chi connectivity index (χ0v) is 17.6. The van der Waals surface area contributed by atoms with Crippen LogP contribution < -0.4 is 0 Å². The predicted octanol–water partition coefficient (Wildman–Crippen LogP) is 8.11. The summed E-state index contributed by atoms with van der Waals surface area (Å²) in [7, 11) is 0. The second kappa shape index (κ2) is 8.17. The van der Waals surface area contributed by atoms with E-state index in [-0.39, 0.29) is 5.92 Å². The molecule has 3 aliphatic rings. The summed E-state index contributed by atoms with van der Waals surface area (Å²) < 4.78 is 15.5. The van der Waals surface area contributed by atoms with Gasteiger partial charge in [-0.2, -0.15) is 0 Å². The number of rotatable bonds is 6. The topological polar surface area (TPSA) is 0 Å². The molecule has 1 unspecified atom stereocenters. The van der Waals surface area contributed by atoms with Gasteiger partial charge in [0, 0.05) is 5.92 Å². The van der Waals surface area contributed by atoms with E-state index in [1.54, 1.807) is 0 Å². The van der Waals surface area contributed by atoms with E-state index in [4.69, 9.17) is 0 Å². The molecule has 0 heterocycles. The zero-order valence-electron chi connectivity index (χ0n) is 17.6. The molecule has 1 saturated carbocycles. The monoisotopic (exact) mass is 366 g/mol. The second-order valence-corrected chi connectivity index (χ2v) is 8.72. The summed E-state index contributed by atoms with van der Waals surface area (Å²) in [5.74, 6) is 0.175. The van der Waals surface area contributed by atoms with E-state index < -0.39 is 5.67 Å². The average molecular weight is 367 g/mol. The molecule has 1 fully saturated rings. The van der Waals surface area contributed by atoms with Gasteiger partial charge in [-0.15, -0.1) is 0 Å². The highest BCUT2D eigenvalue weighted by atomic mass is 19.1. The van der Waals surface area contributed by atoms with Crippen molar-refractivity contribution in [3.63, 3.8) is 0 Å². The van der Waals surface area contributed by atoms with Crippen molar-refractivity contribution in [3.8, 4) is 0 Å². The van der Waals surface area contributed by atoms with E-state index in [2.05, 4.69) is 52.5 Å². The number of hydrogen-bond donors (Lipinski definition) is 0. The van der Waals surface area contributed by atoms with Crippen molar-refractivity contribution in [1.29, 1.82) is 0 Å². The minimum atomic E-state index is -1.00. The molecule has 0 spiro atoms. The highest BCUT2D eigenvalue weighted by Gasteiger charge is 2.37. The van der Waals surface area contributed by atoms with Crippen LogP contribution in [0, 0.1) is 5.92 Å². The zero-order chi connectivity index (χ0) is 19.6. The third-order valence-corrected chi connectivity index (χ3v) is 6.89. The van der Waals surface area contributed by atoms with Crippen molar-refractivity contribution in [2.24, 2.45) is 5.92 Å².